The van der Waals surface area contributed by atoms with E-state index in [1.165, 1.54) is 11.3 Å². The van der Waals surface area contributed by atoms with Gasteiger partial charge in [-0.15, -0.1) is 11.3 Å². The van der Waals surface area contributed by atoms with Crippen molar-refractivity contribution in [2.75, 3.05) is 6.54 Å². The fraction of sp³-hybridized carbons (Fsp3) is 0.462. The lowest BCUT2D eigenvalue weighted by Crippen LogP contribution is -2.46. The first kappa shape index (κ1) is 13.1. The van der Waals surface area contributed by atoms with Crippen molar-refractivity contribution in [2.45, 2.75) is 31.7 Å². The highest BCUT2D eigenvalue weighted by Crippen LogP contribution is 2.12. The first-order valence-corrected chi connectivity index (χ1v) is 7.58. The van der Waals surface area contributed by atoms with Gasteiger partial charge in [-0.2, -0.15) is 0 Å². The summed E-state index contributed by atoms with van der Waals surface area (Å²) in [6, 6.07) is -0.409. The van der Waals surface area contributed by atoms with Crippen LogP contribution in [0.1, 0.15) is 25.0 Å². The highest BCUT2D eigenvalue weighted by Gasteiger charge is 2.22. The number of carbonyl (C=O) groups excluding carboxylic acids is 2. The predicted octanol–water partition coefficient (Wildman–Crippen LogP) is 0.723. The molecule has 0 aromatic carbocycles. The second kappa shape index (κ2) is 5.62. The molecule has 106 valence electrons. The maximum absolute atomic E-state index is 12.0. The molecule has 0 bridgehead atoms. The Labute approximate surface area is 120 Å². The Morgan fingerprint density at radius 1 is 1.55 bits per heavy atom. The van der Waals surface area contributed by atoms with Gasteiger partial charge in [-0.05, 0) is 19.3 Å². The van der Waals surface area contributed by atoms with E-state index in [1.54, 1.807) is 0 Å². The lowest BCUT2D eigenvalue weighted by atomic mass is 10.1. The molecular weight excluding hydrogens is 276 g/mol. The van der Waals surface area contributed by atoms with Crippen LogP contribution >= 0.6 is 11.3 Å². The zero-order chi connectivity index (χ0) is 13.9. The van der Waals surface area contributed by atoms with E-state index in [9.17, 15) is 9.59 Å². The molecule has 7 heteroatoms. The molecule has 1 saturated heterocycles. The number of fused-ring (bicyclic) bond motifs is 1. The van der Waals surface area contributed by atoms with Gasteiger partial charge < -0.3 is 10.6 Å². The van der Waals surface area contributed by atoms with E-state index in [1.807, 2.05) is 22.2 Å². The summed E-state index contributed by atoms with van der Waals surface area (Å²) in [5.74, 6) is -0.237. The van der Waals surface area contributed by atoms with Crippen molar-refractivity contribution in [3.63, 3.8) is 0 Å². The van der Waals surface area contributed by atoms with Crippen molar-refractivity contribution >= 4 is 28.1 Å². The summed E-state index contributed by atoms with van der Waals surface area (Å²) in [4.78, 5) is 29.0. The SMILES string of the molecule is O=C(Cc1cn2ccsc2n1)N[C@H]1CCCCNC1=O. The highest BCUT2D eigenvalue weighted by atomic mass is 32.1. The first-order valence-electron chi connectivity index (χ1n) is 6.70. The molecule has 0 radical (unpaired) electrons. The Bertz CT molecular complexity index is 605. The van der Waals surface area contributed by atoms with E-state index in [-0.39, 0.29) is 18.2 Å². The average Bonchev–Trinajstić information content (AvgIpc) is 2.91. The van der Waals surface area contributed by atoms with Gasteiger partial charge in [0, 0.05) is 24.3 Å². The van der Waals surface area contributed by atoms with E-state index in [2.05, 4.69) is 15.6 Å². The maximum atomic E-state index is 12.0. The van der Waals surface area contributed by atoms with Gasteiger partial charge >= 0.3 is 0 Å². The van der Waals surface area contributed by atoms with Crippen LogP contribution in [0.3, 0.4) is 0 Å². The van der Waals surface area contributed by atoms with Crippen LogP contribution in [-0.4, -0.2) is 33.8 Å². The van der Waals surface area contributed by atoms with E-state index < -0.39 is 6.04 Å². The van der Waals surface area contributed by atoms with Gasteiger partial charge in [0.2, 0.25) is 11.8 Å². The monoisotopic (exact) mass is 292 g/mol. The topological polar surface area (TPSA) is 75.5 Å². The van der Waals surface area contributed by atoms with Crippen LogP contribution in [0.2, 0.25) is 0 Å². The largest absolute Gasteiger partial charge is 0.354 e. The number of carbonyl (C=O) groups is 2. The van der Waals surface area contributed by atoms with Gasteiger partial charge in [0.05, 0.1) is 12.1 Å². The number of nitrogens with one attached hydrogen (secondary N) is 2. The van der Waals surface area contributed by atoms with Crippen LogP contribution in [0.5, 0.6) is 0 Å². The van der Waals surface area contributed by atoms with Crippen LogP contribution in [0, 0.1) is 0 Å². The van der Waals surface area contributed by atoms with Crippen molar-refractivity contribution in [2.24, 2.45) is 0 Å². The number of rotatable bonds is 3. The van der Waals surface area contributed by atoms with Gasteiger partial charge in [0.25, 0.3) is 0 Å². The Balaban J connectivity index is 1.61. The summed E-state index contributed by atoms with van der Waals surface area (Å²) in [7, 11) is 0. The van der Waals surface area contributed by atoms with Crippen molar-refractivity contribution < 1.29 is 9.59 Å². The molecule has 20 heavy (non-hydrogen) atoms. The van der Waals surface area contributed by atoms with Crippen molar-refractivity contribution in [1.82, 2.24) is 20.0 Å². The molecule has 1 aliphatic heterocycles. The number of aromatic nitrogens is 2. The Hall–Kier alpha value is -1.89. The number of nitrogens with zero attached hydrogens (tertiary/aromatic N) is 2. The molecule has 0 aliphatic carbocycles. The molecular formula is C13H16N4O2S. The van der Waals surface area contributed by atoms with Gasteiger partial charge in [-0.3, -0.25) is 14.0 Å². The number of hydrogen-bond acceptors (Lipinski definition) is 4. The van der Waals surface area contributed by atoms with Crippen LogP contribution in [0.15, 0.2) is 17.8 Å². The standard InChI is InChI=1S/C13H16N4O2S/c18-11(16-10-3-1-2-4-14-12(10)19)7-9-8-17-5-6-20-13(17)15-9/h5-6,8,10H,1-4,7H2,(H,14,19)(H,16,18)/t10-/m0/s1. The molecule has 3 rings (SSSR count). The van der Waals surface area contributed by atoms with Crippen LogP contribution in [0.4, 0.5) is 0 Å². The normalized spacial score (nSPS) is 19.6. The van der Waals surface area contributed by atoms with Crippen LogP contribution in [-0.2, 0) is 16.0 Å². The van der Waals surface area contributed by atoms with Crippen molar-refractivity contribution in [3.8, 4) is 0 Å². The third kappa shape index (κ3) is 2.82. The minimum Gasteiger partial charge on any atom is -0.354 e. The van der Waals surface area contributed by atoms with Gasteiger partial charge in [0.15, 0.2) is 4.96 Å². The summed E-state index contributed by atoms with van der Waals surface area (Å²) < 4.78 is 1.89. The fourth-order valence-corrected chi connectivity index (χ4v) is 3.07. The van der Waals surface area contributed by atoms with Crippen LogP contribution in [0.25, 0.3) is 4.96 Å². The second-order valence-electron chi connectivity index (χ2n) is 4.91. The lowest BCUT2D eigenvalue weighted by molar-refractivity contribution is -0.128. The molecule has 1 atom stereocenters. The van der Waals surface area contributed by atoms with E-state index in [4.69, 9.17) is 0 Å². The zero-order valence-electron chi connectivity index (χ0n) is 11.0. The Morgan fingerprint density at radius 3 is 3.30 bits per heavy atom. The molecule has 2 aromatic rings. The molecule has 2 aromatic heterocycles. The van der Waals surface area contributed by atoms with Crippen LogP contribution < -0.4 is 10.6 Å². The van der Waals surface area contributed by atoms with Gasteiger partial charge in [-0.25, -0.2) is 4.98 Å². The smallest absolute Gasteiger partial charge is 0.242 e. The third-order valence-corrected chi connectivity index (χ3v) is 4.13. The predicted molar refractivity (Wildman–Crippen MR) is 75.6 cm³/mol. The zero-order valence-corrected chi connectivity index (χ0v) is 11.8. The molecule has 3 heterocycles. The molecule has 2 N–H and O–H groups in total. The third-order valence-electron chi connectivity index (χ3n) is 3.36. The van der Waals surface area contributed by atoms with Gasteiger partial charge in [-0.1, -0.05) is 0 Å². The van der Waals surface area contributed by atoms with E-state index in [0.717, 1.165) is 23.5 Å². The highest BCUT2D eigenvalue weighted by molar-refractivity contribution is 7.15. The summed E-state index contributed by atoms with van der Waals surface area (Å²) >= 11 is 1.53. The molecule has 0 saturated carbocycles. The van der Waals surface area contributed by atoms with Crippen molar-refractivity contribution in [3.05, 3.63) is 23.5 Å². The van der Waals surface area contributed by atoms with Gasteiger partial charge in [0.1, 0.15) is 6.04 Å². The lowest BCUT2D eigenvalue weighted by Gasteiger charge is -2.14. The van der Waals surface area contributed by atoms with Crippen molar-refractivity contribution in [1.29, 1.82) is 0 Å². The minimum atomic E-state index is -0.409. The molecule has 0 spiro atoms. The Morgan fingerprint density at radius 2 is 2.45 bits per heavy atom. The minimum absolute atomic E-state index is 0.0818. The second-order valence-corrected chi connectivity index (χ2v) is 5.78. The fourth-order valence-electron chi connectivity index (χ4n) is 2.35. The number of imidazole rings is 1. The molecule has 2 amide bonds. The average molecular weight is 292 g/mol. The maximum Gasteiger partial charge on any atom is 0.242 e. The Kier molecular flexibility index (Phi) is 3.68. The van der Waals surface area contributed by atoms with E-state index in [0.29, 0.717) is 13.0 Å². The van der Waals surface area contributed by atoms with E-state index >= 15 is 0 Å². The molecule has 0 unspecified atom stereocenters. The quantitative estimate of drug-likeness (QED) is 0.875. The summed E-state index contributed by atoms with van der Waals surface area (Å²) in [6.07, 6.45) is 6.58. The number of amides is 2. The summed E-state index contributed by atoms with van der Waals surface area (Å²) in [5.41, 5.74) is 0.725. The first-order chi connectivity index (χ1) is 9.72. The summed E-state index contributed by atoms with van der Waals surface area (Å²) in [5, 5.41) is 7.55. The molecule has 1 fully saturated rings. The summed E-state index contributed by atoms with van der Waals surface area (Å²) in [6.45, 7) is 0.697. The number of thiazole rings is 1. The molecule has 1 aliphatic rings. The molecule has 6 nitrogen and oxygen atoms in total. The number of hydrogen-bond donors (Lipinski definition) is 2.